The zero-order valence-corrected chi connectivity index (χ0v) is 14.4. The topological polar surface area (TPSA) is 54.3 Å². The van der Waals surface area contributed by atoms with Crippen molar-refractivity contribution in [3.8, 4) is 11.3 Å². The van der Waals surface area contributed by atoms with E-state index in [1.807, 2.05) is 48.5 Å². The molecule has 1 fully saturated rings. The van der Waals surface area contributed by atoms with Crippen LogP contribution in [0.4, 0.5) is 0 Å². The van der Waals surface area contributed by atoms with Gasteiger partial charge >= 0.3 is 0 Å². The maximum absolute atomic E-state index is 12.5. The number of amides is 1. The highest BCUT2D eigenvalue weighted by Crippen LogP contribution is 2.17. The molecule has 0 unspecified atom stereocenters. The van der Waals surface area contributed by atoms with Crippen LogP contribution >= 0.6 is 0 Å². The fourth-order valence-electron chi connectivity index (χ4n) is 3.19. The van der Waals surface area contributed by atoms with Crippen molar-refractivity contribution in [3.63, 3.8) is 0 Å². The monoisotopic (exact) mass is 327 g/mol. The summed E-state index contributed by atoms with van der Waals surface area (Å²) in [6.45, 7) is 5.65. The van der Waals surface area contributed by atoms with E-state index in [0.717, 1.165) is 43.7 Å². The van der Waals surface area contributed by atoms with Gasteiger partial charge in [0.15, 0.2) is 0 Å². The van der Waals surface area contributed by atoms with Crippen LogP contribution in [-0.2, 0) is 11.3 Å². The van der Waals surface area contributed by atoms with Crippen molar-refractivity contribution < 1.29 is 4.79 Å². The van der Waals surface area contributed by atoms with Crippen molar-refractivity contribution in [2.75, 3.05) is 26.7 Å². The number of likely N-dealkylation sites (tertiary alicyclic amines) is 1. The average Bonchev–Trinajstić information content (AvgIpc) is 3.10. The maximum Gasteiger partial charge on any atom is 0.244 e. The van der Waals surface area contributed by atoms with Crippen LogP contribution in [0.15, 0.2) is 36.5 Å². The third kappa shape index (κ3) is 3.82. The second-order valence-electron chi connectivity index (χ2n) is 6.34. The van der Waals surface area contributed by atoms with Gasteiger partial charge in [-0.15, -0.1) is 5.10 Å². The van der Waals surface area contributed by atoms with Gasteiger partial charge in [-0.3, -0.25) is 4.79 Å². The summed E-state index contributed by atoms with van der Waals surface area (Å²) in [4.78, 5) is 16.8. The van der Waals surface area contributed by atoms with Crippen LogP contribution in [0.3, 0.4) is 0 Å². The van der Waals surface area contributed by atoms with E-state index in [1.54, 1.807) is 4.68 Å². The highest BCUT2D eigenvalue weighted by molar-refractivity contribution is 5.76. The van der Waals surface area contributed by atoms with Crippen LogP contribution in [0.1, 0.15) is 19.8 Å². The Labute approximate surface area is 143 Å². The molecule has 0 bridgehead atoms. The number of hydrogen-bond acceptors (Lipinski definition) is 4. The van der Waals surface area contributed by atoms with Crippen LogP contribution in [0, 0.1) is 0 Å². The fourth-order valence-corrected chi connectivity index (χ4v) is 3.19. The summed E-state index contributed by atoms with van der Waals surface area (Å²) >= 11 is 0. The van der Waals surface area contributed by atoms with E-state index in [4.69, 9.17) is 0 Å². The molecule has 2 heterocycles. The van der Waals surface area contributed by atoms with E-state index in [-0.39, 0.29) is 12.5 Å². The lowest BCUT2D eigenvalue weighted by Crippen LogP contribution is -2.46. The van der Waals surface area contributed by atoms with Gasteiger partial charge in [0.1, 0.15) is 12.2 Å². The van der Waals surface area contributed by atoms with E-state index in [9.17, 15) is 4.79 Å². The molecule has 0 N–H and O–H groups in total. The largest absolute Gasteiger partial charge is 0.341 e. The molecule has 0 aliphatic carbocycles. The molecule has 0 spiro atoms. The van der Waals surface area contributed by atoms with Gasteiger partial charge in [-0.25, -0.2) is 4.68 Å². The first kappa shape index (κ1) is 16.6. The van der Waals surface area contributed by atoms with E-state index in [1.165, 1.54) is 0 Å². The minimum absolute atomic E-state index is 0.0921. The highest BCUT2D eigenvalue weighted by Gasteiger charge is 2.25. The first-order valence-electron chi connectivity index (χ1n) is 8.61. The Kier molecular flexibility index (Phi) is 5.25. The summed E-state index contributed by atoms with van der Waals surface area (Å²) in [5, 5.41) is 8.26. The maximum atomic E-state index is 12.5. The molecule has 0 saturated carbocycles. The summed E-state index contributed by atoms with van der Waals surface area (Å²) in [5.74, 6) is 0.0921. The van der Waals surface area contributed by atoms with Crippen LogP contribution < -0.4 is 0 Å². The van der Waals surface area contributed by atoms with Gasteiger partial charge in [0.2, 0.25) is 5.91 Å². The predicted octanol–water partition coefficient (Wildman–Crippen LogP) is 1.89. The molecule has 1 saturated heterocycles. The van der Waals surface area contributed by atoms with Crippen LogP contribution in [0.2, 0.25) is 0 Å². The molecule has 1 aromatic heterocycles. The molecular weight excluding hydrogens is 302 g/mol. The summed E-state index contributed by atoms with van der Waals surface area (Å²) in [7, 11) is 1.91. The fraction of sp³-hybridized carbons (Fsp3) is 0.500. The molecule has 6 heteroatoms. The van der Waals surface area contributed by atoms with E-state index in [0.29, 0.717) is 6.04 Å². The van der Waals surface area contributed by atoms with Gasteiger partial charge in [0.05, 0.1) is 6.20 Å². The zero-order chi connectivity index (χ0) is 16.9. The van der Waals surface area contributed by atoms with Gasteiger partial charge in [-0.1, -0.05) is 42.5 Å². The SMILES string of the molecule is CCN1CCC(N(C)C(=O)Cn2cc(-c3ccccc3)nn2)CC1. The molecule has 128 valence electrons. The minimum Gasteiger partial charge on any atom is -0.341 e. The van der Waals surface area contributed by atoms with Crippen molar-refractivity contribution in [2.24, 2.45) is 0 Å². The van der Waals surface area contributed by atoms with Crippen molar-refractivity contribution in [3.05, 3.63) is 36.5 Å². The Balaban J connectivity index is 1.58. The van der Waals surface area contributed by atoms with Gasteiger partial charge in [0, 0.05) is 31.7 Å². The molecular formula is C18H25N5O. The van der Waals surface area contributed by atoms with Crippen LogP contribution in [-0.4, -0.2) is 63.4 Å². The first-order valence-corrected chi connectivity index (χ1v) is 8.61. The van der Waals surface area contributed by atoms with Crippen molar-refractivity contribution in [1.82, 2.24) is 24.8 Å². The molecule has 24 heavy (non-hydrogen) atoms. The predicted molar refractivity (Wildman–Crippen MR) is 93.4 cm³/mol. The van der Waals surface area contributed by atoms with Crippen LogP contribution in [0.5, 0.6) is 0 Å². The standard InChI is InChI=1S/C18H25N5O/c1-3-22-11-9-16(10-12-22)21(2)18(24)14-23-13-17(19-20-23)15-7-5-4-6-8-15/h4-8,13,16H,3,9-12,14H2,1-2H3. The average molecular weight is 327 g/mol. The number of rotatable bonds is 5. The Morgan fingerprint density at radius 1 is 1.25 bits per heavy atom. The molecule has 1 aliphatic heterocycles. The number of piperidine rings is 1. The Morgan fingerprint density at radius 2 is 1.96 bits per heavy atom. The van der Waals surface area contributed by atoms with Crippen molar-refractivity contribution in [2.45, 2.75) is 32.4 Å². The number of aromatic nitrogens is 3. The van der Waals surface area contributed by atoms with Gasteiger partial charge in [-0.05, 0) is 19.4 Å². The number of carbonyl (C=O) groups is 1. The zero-order valence-electron chi connectivity index (χ0n) is 14.4. The van der Waals surface area contributed by atoms with E-state index in [2.05, 4.69) is 22.1 Å². The second kappa shape index (κ2) is 7.57. The normalized spacial score (nSPS) is 16.2. The number of benzene rings is 1. The van der Waals surface area contributed by atoms with Gasteiger partial charge in [0.25, 0.3) is 0 Å². The molecule has 1 aliphatic rings. The number of carbonyl (C=O) groups excluding carboxylic acids is 1. The lowest BCUT2D eigenvalue weighted by molar-refractivity contribution is -0.133. The van der Waals surface area contributed by atoms with Gasteiger partial charge < -0.3 is 9.80 Å². The van der Waals surface area contributed by atoms with Gasteiger partial charge in [-0.2, -0.15) is 0 Å². The minimum atomic E-state index is 0.0921. The molecule has 1 amide bonds. The molecule has 1 aromatic carbocycles. The van der Waals surface area contributed by atoms with Crippen molar-refractivity contribution in [1.29, 1.82) is 0 Å². The summed E-state index contributed by atoms with van der Waals surface area (Å²) in [5.41, 5.74) is 1.80. The Hall–Kier alpha value is -2.21. The first-order chi connectivity index (χ1) is 11.7. The highest BCUT2D eigenvalue weighted by atomic mass is 16.2. The summed E-state index contributed by atoms with van der Waals surface area (Å²) < 4.78 is 1.63. The number of likely N-dealkylation sites (N-methyl/N-ethyl adjacent to an activating group) is 1. The van der Waals surface area contributed by atoms with Crippen LogP contribution in [0.25, 0.3) is 11.3 Å². The lowest BCUT2D eigenvalue weighted by atomic mass is 10.0. The third-order valence-electron chi connectivity index (χ3n) is 4.85. The quantitative estimate of drug-likeness (QED) is 0.841. The van der Waals surface area contributed by atoms with Crippen molar-refractivity contribution >= 4 is 5.91 Å². The number of nitrogens with zero attached hydrogens (tertiary/aromatic N) is 5. The lowest BCUT2D eigenvalue weighted by Gasteiger charge is -2.36. The molecule has 2 aromatic rings. The smallest absolute Gasteiger partial charge is 0.244 e. The summed E-state index contributed by atoms with van der Waals surface area (Å²) in [6, 6.07) is 10.2. The van der Waals surface area contributed by atoms with E-state index >= 15 is 0 Å². The third-order valence-corrected chi connectivity index (χ3v) is 4.85. The second-order valence-corrected chi connectivity index (χ2v) is 6.34. The Bertz CT molecular complexity index is 661. The number of hydrogen-bond donors (Lipinski definition) is 0. The molecule has 3 rings (SSSR count). The molecule has 0 atom stereocenters. The molecule has 0 radical (unpaired) electrons. The summed E-state index contributed by atoms with van der Waals surface area (Å²) in [6.07, 6.45) is 3.92. The Morgan fingerprint density at radius 3 is 2.62 bits per heavy atom. The molecule has 6 nitrogen and oxygen atoms in total. The van der Waals surface area contributed by atoms with E-state index < -0.39 is 0 Å².